The fraction of sp³-hybridized carbons (Fsp3) is 0.125. The minimum atomic E-state index is -4.55. The van der Waals surface area contributed by atoms with Crippen LogP contribution in [0.1, 0.15) is 16.8 Å². The number of pyridine rings is 1. The molecule has 0 spiro atoms. The maximum absolute atomic E-state index is 12.7. The van der Waals surface area contributed by atoms with E-state index in [0.29, 0.717) is 12.0 Å². The fourth-order valence-corrected chi connectivity index (χ4v) is 2.46. The van der Waals surface area contributed by atoms with Gasteiger partial charge in [-0.1, -0.05) is 11.6 Å². The van der Waals surface area contributed by atoms with E-state index in [0.717, 1.165) is 6.07 Å². The number of nitriles is 1. The van der Waals surface area contributed by atoms with E-state index in [2.05, 4.69) is 20.3 Å². The molecule has 0 aromatic carbocycles. The first-order valence-electron chi connectivity index (χ1n) is 7.36. The Labute approximate surface area is 155 Å². The molecule has 0 aliphatic carbocycles. The molecule has 0 amide bonds. The number of aromatic nitrogens is 3. The van der Waals surface area contributed by atoms with Crippen LogP contribution in [0.25, 0.3) is 11.5 Å². The Morgan fingerprint density at radius 1 is 1.33 bits per heavy atom. The van der Waals surface area contributed by atoms with Crippen molar-refractivity contribution in [3.05, 3.63) is 52.5 Å². The van der Waals surface area contributed by atoms with Crippen molar-refractivity contribution < 1.29 is 17.6 Å². The molecule has 3 aromatic rings. The van der Waals surface area contributed by atoms with Gasteiger partial charge in [-0.05, 0) is 18.2 Å². The van der Waals surface area contributed by atoms with Crippen molar-refractivity contribution in [1.29, 1.82) is 5.26 Å². The SMILES string of the molecule is N#Cc1c(NCc2ncc(C(F)(F)F)cc2Cl)nc(N)nc1-c1ccco1. The highest BCUT2D eigenvalue weighted by Crippen LogP contribution is 2.32. The van der Waals surface area contributed by atoms with Crippen LogP contribution >= 0.6 is 11.6 Å². The van der Waals surface area contributed by atoms with E-state index < -0.39 is 11.7 Å². The van der Waals surface area contributed by atoms with E-state index in [4.69, 9.17) is 21.8 Å². The molecular weight excluding hydrogens is 385 g/mol. The first-order chi connectivity index (χ1) is 12.8. The highest BCUT2D eigenvalue weighted by molar-refractivity contribution is 6.31. The Morgan fingerprint density at radius 2 is 2.11 bits per heavy atom. The van der Waals surface area contributed by atoms with E-state index in [1.54, 1.807) is 12.1 Å². The third kappa shape index (κ3) is 3.93. The molecule has 0 radical (unpaired) electrons. The van der Waals surface area contributed by atoms with Crippen LogP contribution in [0.3, 0.4) is 0 Å². The average Bonchev–Trinajstić information content (AvgIpc) is 3.13. The van der Waals surface area contributed by atoms with E-state index in [1.807, 2.05) is 6.07 Å². The summed E-state index contributed by atoms with van der Waals surface area (Å²) in [5, 5.41) is 12.1. The van der Waals surface area contributed by atoms with Crippen LogP contribution in [0.2, 0.25) is 5.02 Å². The van der Waals surface area contributed by atoms with Gasteiger partial charge in [-0.3, -0.25) is 4.98 Å². The fourth-order valence-electron chi connectivity index (χ4n) is 2.22. The molecular formula is C16H10ClF3N6O. The summed E-state index contributed by atoms with van der Waals surface area (Å²) >= 11 is 5.88. The number of anilines is 2. The van der Waals surface area contributed by atoms with E-state index >= 15 is 0 Å². The van der Waals surface area contributed by atoms with Gasteiger partial charge in [0.2, 0.25) is 5.95 Å². The molecule has 3 N–H and O–H groups in total. The zero-order valence-corrected chi connectivity index (χ0v) is 14.1. The van der Waals surface area contributed by atoms with Crippen molar-refractivity contribution in [1.82, 2.24) is 15.0 Å². The lowest BCUT2D eigenvalue weighted by molar-refractivity contribution is -0.137. The van der Waals surface area contributed by atoms with Crippen molar-refractivity contribution in [2.24, 2.45) is 0 Å². The second-order valence-corrected chi connectivity index (χ2v) is 5.65. The first-order valence-corrected chi connectivity index (χ1v) is 7.74. The largest absolute Gasteiger partial charge is 0.463 e. The molecule has 11 heteroatoms. The van der Waals surface area contributed by atoms with Gasteiger partial charge in [0.05, 0.1) is 29.1 Å². The molecule has 0 aliphatic rings. The van der Waals surface area contributed by atoms with Crippen molar-refractivity contribution in [2.75, 3.05) is 11.1 Å². The number of nitrogens with zero attached hydrogens (tertiary/aromatic N) is 4. The van der Waals surface area contributed by atoms with Crippen LogP contribution in [-0.4, -0.2) is 15.0 Å². The van der Waals surface area contributed by atoms with Crippen molar-refractivity contribution in [2.45, 2.75) is 12.7 Å². The van der Waals surface area contributed by atoms with Crippen molar-refractivity contribution >= 4 is 23.4 Å². The summed E-state index contributed by atoms with van der Waals surface area (Å²) in [5.74, 6) is 0.276. The Balaban J connectivity index is 1.90. The van der Waals surface area contributed by atoms with Gasteiger partial charge < -0.3 is 15.5 Å². The lowest BCUT2D eigenvalue weighted by Gasteiger charge is -2.12. The molecule has 0 saturated carbocycles. The topological polar surface area (TPSA) is 114 Å². The molecule has 0 fully saturated rings. The van der Waals surface area contributed by atoms with Crippen LogP contribution in [0, 0.1) is 11.3 Å². The van der Waals surface area contributed by atoms with Crippen molar-refractivity contribution in [3.8, 4) is 17.5 Å². The number of nitrogen functional groups attached to an aromatic ring is 1. The molecule has 3 heterocycles. The number of rotatable bonds is 4. The third-order valence-electron chi connectivity index (χ3n) is 3.46. The van der Waals surface area contributed by atoms with Gasteiger partial charge in [0.15, 0.2) is 11.6 Å². The summed E-state index contributed by atoms with van der Waals surface area (Å²) in [6.45, 7) is -0.0836. The van der Waals surface area contributed by atoms with E-state index in [9.17, 15) is 18.4 Å². The molecule has 138 valence electrons. The summed E-state index contributed by atoms with van der Waals surface area (Å²) < 4.78 is 43.3. The molecule has 0 saturated heterocycles. The molecule has 0 aliphatic heterocycles. The van der Waals surface area contributed by atoms with Crippen molar-refractivity contribution in [3.63, 3.8) is 0 Å². The smallest absolute Gasteiger partial charge is 0.417 e. The summed E-state index contributed by atoms with van der Waals surface area (Å²) in [4.78, 5) is 11.7. The van der Waals surface area contributed by atoms with E-state index in [-0.39, 0.29) is 40.3 Å². The van der Waals surface area contributed by atoms with Gasteiger partial charge in [0, 0.05) is 6.20 Å². The minimum Gasteiger partial charge on any atom is -0.463 e. The predicted molar refractivity (Wildman–Crippen MR) is 90.4 cm³/mol. The Morgan fingerprint density at radius 3 is 2.70 bits per heavy atom. The summed E-state index contributed by atoms with van der Waals surface area (Å²) in [5.41, 5.74) is 5.10. The van der Waals surface area contributed by atoms with Gasteiger partial charge >= 0.3 is 6.18 Å². The lowest BCUT2D eigenvalue weighted by Crippen LogP contribution is -2.11. The second kappa shape index (κ2) is 7.13. The van der Waals surface area contributed by atoms with Gasteiger partial charge in [0.25, 0.3) is 0 Å². The first kappa shape index (κ1) is 18.5. The number of nitrogens with one attached hydrogen (secondary N) is 1. The highest BCUT2D eigenvalue weighted by atomic mass is 35.5. The van der Waals surface area contributed by atoms with Crippen LogP contribution < -0.4 is 11.1 Å². The second-order valence-electron chi connectivity index (χ2n) is 5.25. The highest BCUT2D eigenvalue weighted by Gasteiger charge is 2.31. The van der Waals surface area contributed by atoms with Crippen LogP contribution in [0.15, 0.2) is 35.1 Å². The Bertz CT molecular complexity index is 1010. The zero-order valence-electron chi connectivity index (χ0n) is 13.4. The Hall–Kier alpha value is -3.32. The number of halogens is 4. The van der Waals surface area contributed by atoms with Gasteiger partial charge in [-0.2, -0.15) is 23.4 Å². The van der Waals surface area contributed by atoms with Crippen LogP contribution in [0.4, 0.5) is 24.9 Å². The molecule has 0 unspecified atom stereocenters. The summed E-state index contributed by atoms with van der Waals surface area (Å²) in [6.07, 6.45) is -2.46. The summed E-state index contributed by atoms with van der Waals surface area (Å²) in [6, 6.07) is 5.95. The quantitative estimate of drug-likeness (QED) is 0.690. The number of hydrogen-bond acceptors (Lipinski definition) is 7. The maximum Gasteiger partial charge on any atom is 0.417 e. The van der Waals surface area contributed by atoms with Crippen LogP contribution in [0.5, 0.6) is 0 Å². The van der Waals surface area contributed by atoms with Crippen LogP contribution in [-0.2, 0) is 12.7 Å². The zero-order chi connectivity index (χ0) is 19.6. The standard InChI is InChI=1S/C16H10ClF3N6O/c17-10-4-8(16(18,19)20)6-23-11(10)7-24-14-9(5-21)13(25-15(22)26-14)12-2-1-3-27-12/h1-4,6H,7H2,(H3,22,24,25,26). The molecule has 3 aromatic heterocycles. The molecule has 7 nitrogen and oxygen atoms in total. The summed E-state index contributed by atoms with van der Waals surface area (Å²) in [7, 11) is 0. The van der Waals surface area contributed by atoms with Gasteiger partial charge in [-0.25, -0.2) is 4.98 Å². The van der Waals surface area contributed by atoms with Gasteiger partial charge in [-0.15, -0.1) is 0 Å². The number of alkyl halides is 3. The monoisotopic (exact) mass is 394 g/mol. The lowest BCUT2D eigenvalue weighted by atomic mass is 10.2. The minimum absolute atomic E-state index is 0.0576. The average molecular weight is 395 g/mol. The molecule has 3 rings (SSSR count). The Kier molecular flexibility index (Phi) is 4.87. The number of furan rings is 1. The number of nitrogens with two attached hydrogens (primary N) is 1. The predicted octanol–water partition coefficient (Wildman–Crippen LogP) is 3.87. The molecule has 27 heavy (non-hydrogen) atoms. The third-order valence-corrected chi connectivity index (χ3v) is 3.79. The van der Waals surface area contributed by atoms with Gasteiger partial charge in [0.1, 0.15) is 17.3 Å². The van der Waals surface area contributed by atoms with E-state index in [1.165, 1.54) is 6.26 Å². The maximum atomic E-state index is 12.7. The molecule has 0 atom stereocenters. The molecule has 0 bridgehead atoms. The normalized spacial score (nSPS) is 11.2. The number of hydrogen-bond donors (Lipinski definition) is 2.